The van der Waals surface area contributed by atoms with E-state index in [2.05, 4.69) is 15.4 Å². The lowest BCUT2D eigenvalue weighted by atomic mass is 10.2. The maximum Gasteiger partial charge on any atom is 0.287 e. The van der Waals surface area contributed by atoms with E-state index in [1.165, 1.54) is 5.01 Å². The summed E-state index contributed by atoms with van der Waals surface area (Å²) in [6.45, 7) is 3.66. The van der Waals surface area contributed by atoms with Gasteiger partial charge in [0, 0.05) is 35.4 Å². The largest absolute Gasteiger partial charge is 0.349 e. The molecule has 0 bridgehead atoms. The number of carbonyl (C=O) groups excluding carboxylic acids is 1. The van der Waals surface area contributed by atoms with E-state index in [1.807, 2.05) is 19.9 Å². The molecule has 164 valence electrons. The third-order valence-corrected chi connectivity index (χ3v) is 7.09. The Balaban J connectivity index is 1.87. The fourth-order valence-corrected chi connectivity index (χ4v) is 5.59. The zero-order valence-corrected chi connectivity index (χ0v) is 19.3. The van der Waals surface area contributed by atoms with Crippen LogP contribution in [0, 0.1) is 13.8 Å². The second-order valence-corrected chi connectivity index (χ2v) is 9.87. The van der Waals surface area contributed by atoms with Gasteiger partial charge in [-0.2, -0.15) is 0 Å². The second-order valence-electron chi connectivity index (χ2n) is 7.55. The summed E-state index contributed by atoms with van der Waals surface area (Å²) < 4.78 is 27.5. The van der Waals surface area contributed by atoms with Crippen LogP contribution in [0.25, 0.3) is 10.9 Å². The van der Waals surface area contributed by atoms with Crippen LogP contribution >= 0.6 is 11.6 Å². The Bertz CT molecular complexity index is 1410. The number of hydrogen-bond donors (Lipinski definition) is 2. The molecule has 0 saturated carbocycles. The number of halogens is 1. The highest BCUT2D eigenvalue weighted by atomic mass is 35.5. The summed E-state index contributed by atoms with van der Waals surface area (Å²) in [7, 11) is -2.38. The number of sulfone groups is 1. The van der Waals surface area contributed by atoms with Gasteiger partial charge in [0.15, 0.2) is 0 Å². The average molecular weight is 469 g/mol. The van der Waals surface area contributed by atoms with Crippen LogP contribution < -0.4 is 10.4 Å². The monoisotopic (exact) mass is 468 g/mol. The fourth-order valence-electron chi connectivity index (χ4n) is 3.62. The van der Waals surface area contributed by atoms with Crippen LogP contribution in [0.15, 0.2) is 70.7 Å². The number of aromatic amines is 1. The molecule has 32 heavy (non-hydrogen) atoms. The van der Waals surface area contributed by atoms with E-state index in [0.717, 1.165) is 11.1 Å². The van der Waals surface area contributed by atoms with Crippen LogP contribution in [0.4, 0.5) is 5.69 Å². The molecule has 2 aromatic heterocycles. The first-order valence-corrected chi connectivity index (χ1v) is 11.6. The van der Waals surface area contributed by atoms with Crippen molar-refractivity contribution < 1.29 is 13.2 Å². The summed E-state index contributed by atoms with van der Waals surface area (Å²) in [6.07, 6.45) is 3.19. The molecule has 2 N–H and O–H groups in total. The van der Waals surface area contributed by atoms with Gasteiger partial charge in [0.25, 0.3) is 5.91 Å². The fraction of sp³-hybridized carbons (Fsp3) is 0.130. The normalized spacial score (nSPS) is 11.5. The van der Waals surface area contributed by atoms with E-state index in [9.17, 15) is 13.2 Å². The molecule has 9 heteroatoms. The summed E-state index contributed by atoms with van der Waals surface area (Å²) in [4.78, 5) is 20.1. The number of nitrogens with zero attached hydrogens (tertiary/aromatic N) is 2. The van der Waals surface area contributed by atoms with Gasteiger partial charge in [-0.3, -0.25) is 20.2 Å². The molecule has 0 spiro atoms. The van der Waals surface area contributed by atoms with Gasteiger partial charge in [-0.15, -0.1) is 0 Å². The van der Waals surface area contributed by atoms with Crippen LogP contribution in [0.5, 0.6) is 0 Å². The molecule has 0 saturated heterocycles. The number of H-pyrrole nitrogens is 1. The summed E-state index contributed by atoms with van der Waals surface area (Å²) in [5.41, 5.74) is 5.45. The van der Waals surface area contributed by atoms with E-state index in [-0.39, 0.29) is 15.5 Å². The molecular formula is C23H21ClN4O3S. The van der Waals surface area contributed by atoms with Crippen molar-refractivity contribution in [1.29, 1.82) is 0 Å². The van der Waals surface area contributed by atoms with Crippen LogP contribution in [0.3, 0.4) is 0 Å². The Morgan fingerprint density at radius 2 is 1.69 bits per heavy atom. The molecule has 2 aromatic carbocycles. The van der Waals surface area contributed by atoms with Gasteiger partial charge in [-0.25, -0.2) is 8.42 Å². The van der Waals surface area contributed by atoms with Gasteiger partial charge in [0.2, 0.25) is 9.84 Å². The molecule has 4 aromatic rings. The van der Waals surface area contributed by atoms with Crippen LogP contribution in [0.1, 0.15) is 21.6 Å². The molecular weight excluding hydrogens is 448 g/mol. The lowest BCUT2D eigenvalue weighted by Crippen LogP contribution is -2.40. The SMILES string of the molecule is Cc1cc(C)cc(S(=O)(=O)c2c(C(=O)NN(C)c3ccncc3)[nH]c3ccc(Cl)cc23)c1. The average Bonchev–Trinajstić information content (AvgIpc) is 3.13. The predicted octanol–water partition coefficient (Wildman–Crippen LogP) is 4.45. The highest BCUT2D eigenvalue weighted by Gasteiger charge is 2.30. The Labute approximate surface area is 190 Å². The number of amides is 1. The molecule has 1 amide bonds. The van der Waals surface area contributed by atoms with Gasteiger partial charge < -0.3 is 4.98 Å². The zero-order valence-electron chi connectivity index (χ0n) is 17.7. The summed E-state index contributed by atoms with van der Waals surface area (Å²) >= 11 is 6.17. The number of pyridine rings is 1. The number of carbonyl (C=O) groups is 1. The lowest BCUT2D eigenvalue weighted by Gasteiger charge is -2.20. The smallest absolute Gasteiger partial charge is 0.287 e. The molecule has 0 atom stereocenters. The van der Waals surface area contributed by atoms with E-state index in [0.29, 0.717) is 21.6 Å². The molecule has 0 fully saturated rings. The van der Waals surface area contributed by atoms with Gasteiger partial charge in [-0.05, 0) is 67.4 Å². The predicted molar refractivity (Wildman–Crippen MR) is 125 cm³/mol. The minimum Gasteiger partial charge on any atom is -0.349 e. The first kappa shape index (κ1) is 21.9. The number of hydrazine groups is 1. The van der Waals surface area contributed by atoms with Crippen molar-refractivity contribution in [2.24, 2.45) is 0 Å². The molecule has 4 rings (SSSR count). The Morgan fingerprint density at radius 1 is 1.03 bits per heavy atom. The van der Waals surface area contributed by atoms with E-state index < -0.39 is 15.7 Å². The second kappa shape index (κ2) is 8.29. The number of hydrogen-bond acceptors (Lipinski definition) is 5. The van der Waals surface area contributed by atoms with Crippen molar-refractivity contribution in [3.8, 4) is 0 Å². The summed E-state index contributed by atoms with van der Waals surface area (Å²) in [5, 5.41) is 2.22. The molecule has 2 heterocycles. The minimum atomic E-state index is -4.04. The Kier molecular flexibility index (Phi) is 5.66. The van der Waals surface area contributed by atoms with Crippen molar-refractivity contribution >= 4 is 43.9 Å². The molecule has 0 aliphatic rings. The number of benzene rings is 2. The molecule has 0 aliphatic heterocycles. The molecule has 0 radical (unpaired) electrons. The highest BCUT2D eigenvalue weighted by Crippen LogP contribution is 2.34. The van der Waals surface area contributed by atoms with E-state index >= 15 is 0 Å². The molecule has 7 nitrogen and oxygen atoms in total. The van der Waals surface area contributed by atoms with Gasteiger partial charge in [0.05, 0.1) is 10.6 Å². The minimum absolute atomic E-state index is 0.0673. The van der Waals surface area contributed by atoms with E-state index in [4.69, 9.17) is 11.6 Å². The highest BCUT2D eigenvalue weighted by molar-refractivity contribution is 7.91. The quantitative estimate of drug-likeness (QED) is 0.422. The summed E-state index contributed by atoms with van der Waals surface area (Å²) in [5.74, 6) is -0.598. The lowest BCUT2D eigenvalue weighted by molar-refractivity contribution is 0.0944. The van der Waals surface area contributed by atoms with Crippen LogP contribution in [0.2, 0.25) is 5.02 Å². The maximum atomic E-state index is 13.7. The number of aryl methyl sites for hydroxylation is 2. The van der Waals surface area contributed by atoms with Gasteiger partial charge in [0.1, 0.15) is 10.6 Å². The zero-order chi connectivity index (χ0) is 23.0. The van der Waals surface area contributed by atoms with Crippen molar-refractivity contribution in [3.63, 3.8) is 0 Å². The number of nitrogens with one attached hydrogen (secondary N) is 2. The Morgan fingerprint density at radius 3 is 2.34 bits per heavy atom. The molecule has 0 aliphatic carbocycles. The Hall–Kier alpha value is -3.36. The van der Waals surface area contributed by atoms with Gasteiger partial charge >= 0.3 is 0 Å². The third kappa shape index (κ3) is 4.06. The van der Waals surface area contributed by atoms with Crippen molar-refractivity contribution in [2.75, 3.05) is 12.1 Å². The van der Waals surface area contributed by atoms with Crippen molar-refractivity contribution in [1.82, 2.24) is 15.4 Å². The van der Waals surface area contributed by atoms with Crippen molar-refractivity contribution in [2.45, 2.75) is 23.6 Å². The maximum absolute atomic E-state index is 13.7. The van der Waals surface area contributed by atoms with Gasteiger partial charge in [-0.1, -0.05) is 17.7 Å². The molecule has 0 unspecified atom stereocenters. The third-order valence-electron chi connectivity index (χ3n) is 5.03. The topological polar surface area (TPSA) is 95.2 Å². The number of rotatable bonds is 5. The summed E-state index contributed by atoms with van der Waals surface area (Å²) in [6, 6.07) is 13.4. The van der Waals surface area contributed by atoms with Crippen LogP contribution in [-0.4, -0.2) is 31.3 Å². The number of fused-ring (bicyclic) bond motifs is 1. The first-order chi connectivity index (χ1) is 15.2. The number of anilines is 1. The first-order valence-electron chi connectivity index (χ1n) is 9.76. The standard InChI is InChI=1S/C23H21ClN4O3S/c1-14-10-15(2)12-18(11-14)32(30,31)22-19-13-16(24)4-5-20(19)26-21(22)23(29)27-28(3)17-6-8-25-9-7-17/h4-13,26H,1-3H3,(H,27,29). The van der Waals surface area contributed by atoms with Crippen molar-refractivity contribution in [3.05, 3.63) is 82.8 Å². The van der Waals surface area contributed by atoms with E-state index in [1.54, 1.807) is 61.9 Å². The van der Waals surface area contributed by atoms with Crippen LogP contribution in [-0.2, 0) is 9.84 Å². The number of aromatic nitrogens is 2.